The average Bonchev–Trinajstić information content (AvgIpc) is 3.28. The third-order valence-corrected chi connectivity index (χ3v) is 5.22. The number of carbonyl (C=O) groups excluding carboxylic acids is 1. The number of hydrogen-bond donors (Lipinski definition) is 2. The summed E-state index contributed by atoms with van der Waals surface area (Å²) in [6.45, 7) is 6.56. The maximum Gasteiger partial charge on any atom is 0.280 e. The largest absolute Gasteiger partial charge is 0.360 e. The van der Waals surface area contributed by atoms with Gasteiger partial charge in [-0.05, 0) is 36.3 Å². The molecule has 6 heteroatoms. The maximum absolute atomic E-state index is 12.3. The van der Waals surface area contributed by atoms with Crippen LogP contribution in [0, 0.1) is 12.8 Å². The van der Waals surface area contributed by atoms with E-state index in [4.69, 9.17) is 4.52 Å². The number of benzene rings is 1. The molecule has 2 aromatic heterocycles. The summed E-state index contributed by atoms with van der Waals surface area (Å²) in [6.07, 6.45) is 1.08. The van der Waals surface area contributed by atoms with E-state index in [0.29, 0.717) is 24.0 Å². The molecule has 0 saturated heterocycles. The van der Waals surface area contributed by atoms with Gasteiger partial charge in [0.15, 0.2) is 12.4 Å². The molecule has 2 heterocycles. The van der Waals surface area contributed by atoms with E-state index in [9.17, 15) is 4.79 Å². The fourth-order valence-electron chi connectivity index (χ4n) is 3.06. The molecule has 0 saturated carbocycles. The van der Waals surface area contributed by atoms with Crippen molar-refractivity contribution in [3.8, 4) is 0 Å². The van der Waals surface area contributed by atoms with Crippen molar-refractivity contribution >= 4 is 23.1 Å². The number of carbonyl (C=O) groups is 1. The molecule has 0 unspecified atom stereocenters. The van der Waals surface area contributed by atoms with Crippen molar-refractivity contribution in [3.05, 3.63) is 69.6 Å². The first kappa shape index (κ1) is 19.3. The number of hydrogen-bond acceptors (Lipinski definition) is 4. The zero-order chi connectivity index (χ0) is 19.2. The first-order chi connectivity index (χ1) is 13.0. The summed E-state index contributed by atoms with van der Waals surface area (Å²) in [5, 5.41) is 10.7. The molecule has 0 bridgehead atoms. The molecule has 0 aliphatic rings. The molecule has 1 atom stereocenters. The molecular formula is C21H26N3O2S+. The average molecular weight is 385 g/mol. The molecule has 3 N–H and O–H groups in total. The molecule has 0 radical (unpaired) electrons. The zero-order valence-electron chi connectivity index (χ0n) is 15.9. The lowest BCUT2D eigenvalue weighted by Crippen LogP contribution is -2.87. The number of thiophene rings is 1. The molecule has 142 valence electrons. The zero-order valence-corrected chi connectivity index (χ0v) is 16.8. The van der Waals surface area contributed by atoms with Gasteiger partial charge < -0.3 is 15.2 Å². The fourth-order valence-corrected chi connectivity index (χ4v) is 3.91. The van der Waals surface area contributed by atoms with Crippen molar-refractivity contribution in [2.75, 3.05) is 11.9 Å². The number of nitrogens with one attached hydrogen (secondary N) is 1. The number of anilines is 1. The Kier molecular flexibility index (Phi) is 6.42. The standard InChI is InChI=1S/C21H25N3O2S/c1-14(2)11-16-6-8-17(9-7-16)21(18-5-4-10-27-18)22-13-20(25)23-19-12-15(3)26-24-19/h4-10,12,14,21-22H,11,13H2,1-3H3,(H,23,24,25)/p+1/t21-/m0/s1. The molecule has 0 spiro atoms. The summed E-state index contributed by atoms with van der Waals surface area (Å²) in [7, 11) is 0. The van der Waals surface area contributed by atoms with E-state index in [0.717, 1.165) is 6.42 Å². The van der Waals surface area contributed by atoms with Crippen molar-refractivity contribution in [1.82, 2.24) is 5.16 Å². The third kappa shape index (κ3) is 5.52. The lowest BCUT2D eigenvalue weighted by atomic mass is 9.99. The van der Waals surface area contributed by atoms with Crippen LogP contribution in [0.15, 0.2) is 52.4 Å². The Labute approximate surface area is 163 Å². The Morgan fingerprint density at radius 2 is 2.04 bits per heavy atom. The molecule has 27 heavy (non-hydrogen) atoms. The van der Waals surface area contributed by atoms with Crippen LogP contribution in [0.5, 0.6) is 0 Å². The number of aromatic nitrogens is 1. The number of nitrogens with two attached hydrogens (primary N) is 1. The molecule has 0 aliphatic carbocycles. The van der Waals surface area contributed by atoms with Gasteiger partial charge >= 0.3 is 0 Å². The summed E-state index contributed by atoms with van der Waals surface area (Å²) >= 11 is 1.71. The summed E-state index contributed by atoms with van der Waals surface area (Å²) in [5.74, 6) is 1.67. The van der Waals surface area contributed by atoms with E-state index in [-0.39, 0.29) is 11.9 Å². The highest BCUT2D eigenvalue weighted by molar-refractivity contribution is 7.10. The SMILES string of the molecule is Cc1cc(NC(=O)C[NH2+][C@@H](c2ccc(CC(C)C)cc2)c2cccs2)no1. The minimum atomic E-state index is -0.0960. The third-order valence-electron chi connectivity index (χ3n) is 4.27. The molecule has 5 nitrogen and oxygen atoms in total. The number of nitrogens with zero attached hydrogens (tertiary/aromatic N) is 1. The summed E-state index contributed by atoms with van der Waals surface area (Å²) in [5.41, 5.74) is 2.55. The van der Waals surface area contributed by atoms with Gasteiger partial charge in [-0.25, -0.2) is 0 Å². The van der Waals surface area contributed by atoms with Gasteiger partial charge in [-0.3, -0.25) is 4.79 Å². The highest BCUT2D eigenvalue weighted by atomic mass is 32.1. The van der Waals surface area contributed by atoms with Crippen molar-refractivity contribution in [1.29, 1.82) is 0 Å². The predicted octanol–water partition coefficient (Wildman–Crippen LogP) is 3.53. The Morgan fingerprint density at radius 3 is 2.63 bits per heavy atom. The van der Waals surface area contributed by atoms with Gasteiger partial charge in [0.25, 0.3) is 5.91 Å². The van der Waals surface area contributed by atoms with E-state index in [1.165, 1.54) is 16.0 Å². The first-order valence-corrected chi connectivity index (χ1v) is 10.1. The highest BCUT2D eigenvalue weighted by Crippen LogP contribution is 2.23. The molecular weight excluding hydrogens is 358 g/mol. The Balaban J connectivity index is 1.68. The summed E-state index contributed by atoms with van der Waals surface area (Å²) in [4.78, 5) is 13.5. The first-order valence-electron chi connectivity index (χ1n) is 9.20. The van der Waals surface area contributed by atoms with Crippen molar-refractivity contribution in [2.45, 2.75) is 33.2 Å². The second-order valence-corrected chi connectivity index (χ2v) is 8.12. The molecule has 0 fully saturated rings. The van der Waals surface area contributed by atoms with Crippen LogP contribution in [0.4, 0.5) is 5.82 Å². The number of amides is 1. The minimum Gasteiger partial charge on any atom is -0.360 e. The molecule has 1 amide bonds. The van der Waals surface area contributed by atoms with Crippen molar-refractivity contribution in [3.63, 3.8) is 0 Å². The van der Waals surface area contributed by atoms with E-state index in [1.807, 2.05) is 6.07 Å². The molecule has 1 aromatic carbocycles. The van der Waals surface area contributed by atoms with Gasteiger partial charge in [-0.15, -0.1) is 11.3 Å². The topological polar surface area (TPSA) is 71.7 Å². The van der Waals surface area contributed by atoms with Gasteiger partial charge in [-0.2, -0.15) is 0 Å². The number of quaternary nitrogens is 1. The summed E-state index contributed by atoms with van der Waals surface area (Å²) < 4.78 is 4.98. The quantitative estimate of drug-likeness (QED) is 0.624. The van der Waals surface area contributed by atoms with Gasteiger partial charge in [0.05, 0.1) is 4.88 Å². The van der Waals surface area contributed by atoms with Crippen LogP contribution >= 0.6 is 11.3 Å². The van der Waals surface area contributed by atoms with Gasteiger partial charge in [-0.1, -0.05) is 49.3 Å². The van der Waals surface area contributed by atoms with Crippen molar-refractivity contribution < 1.29 is 14.6 Å². The van der Waals surface area contributed by atoms with E-state index < -0.39 is 0 Å². The Hall–Kier alpha value is -2.44. The molecule has 0 aliphatic heterocycles. The smallest absolute Gasteiger partial charge is 0.280 e. The Bertz CT molecular complexity index is 854. The van der Waals surface area contributed by atoms with E-state index in [2.05, 4.69) is 65.3 Å². The molecule has 3 rings (SSSR count). The van der Waals surface area contributed by atoms with Gasteiger partial charge in [0.1, 0.15) is 11.8 Å². The molecule has 3 aromatic rings. The van der Waals surface area contributed by atoms with Crippen molar-refractivity contribution in [2.24, 2.45) is 5.92 Å². The van der Waals surface area contributed by atoms with Crippen LogP contribution in [-0.2, 0) is 11.2 Å². The van der Waals surface area contributed by atoms with Gasteiger partial charge in [0.2, 0.25) is 0 Å². The maximum atomic E-state index is 12.3. The van der Waals surface area contributed by atoms with Crippen LogP contribution in [0.3, 0.4) is 0 Å². The lowest BCUT2D eigenvalue weighted by molar-refractivity contribution is -0.675. The predicted molar refractivity (Wildman–Crippen MR) is 108 cm³/mol. The number of rotatable bonds is 8. The van der Waals surface area contributed by atoms with E-state index >= 15 is 0 Å². The van der Waals surface area contributed by atoms with Crippen LogP contribution in [0.25, 0.3) is 0 Å². The normalized spacial score (nSPS) is 12.3. The van der Waals surface area contributed by atoms with Crippen LogP contribution < -0.4 is 10.6 Å². The van der Waals surface area contributed by atoms with Gasteiger partial charge in [0, 0.05) is 11.6 Å². The second-order valence-electron chi connectivity index (χ2n) is 7.14. The van der Waals surface area contributed by atoms with Crippen LogP contribution in [-0.4, -0.2) is 17.6 Å². The second kappa shape index (κ2) is 8.97. The van der Waals surface area contributed by atoms with E-state index in [1.54, 1.807) is 24.3 Å². The monoisotopic (exact) mass is 384 g/mol. The summed E-state index contributed by atoms with van der Waals surface area (Å²) in [6, 6.07) is 14.7. The van der Waals surface area contributed by atoms with Crippen LogP contribution in [0.1, 0.15) is 41.7 Å². The fraction of sp³-hybridized carbons (Fsp3) is 0.333. The minimum absolute atomic E-state index is 0.0960. The number of aryl methyl sites for hydroxylation is 1. The Morgan fingerprint density at radius 1 is 1.26 bits per heavy atom. The highest BCUT2D eigenvalue weighted by Gasteiger charge is 2.20. The lowest BCUT2D eigenvalue weighted by Gasteiger charge is -2.15. The van der Waals surface area contributed by atoms with Crippen LogP contribution in [0.2, 0.25) is 0 Å².